The van der Waals surface area contributed by atoms with Crippen LogP contribution >= 0.6 is 11.8 Å². The highest BCUT2D eigenvalue weighted by atomic mass is 32.2. The van der Waals surface area contributed by atoms with Gasteiger partial charge < -0.3 is 5.32 Å². The molecule has 0 unspecified atom stereocenters. The van der Waals surface area contributed by atoms with Crippen molar-refractivity contribution in [2.24, 2.45) is 0 Å². The van der Waals surface area contributed by atoms with E-state index in [1.165, 1.54) is 12.2 Å². The van der Waals surface area contributed by atoms with E-state index < -0.39 is 0 Å². The van der Waals surface area contributed by atoms with Crippen LogP contribution < -0.4 is 5.32 Å². The SMILES string of the molecule is C=C(NCC)SCCC.CC. The molecule has 0 fully saturated rings. The zero-order valence-corrected chi connectivity index (χ0v) is 9.05. The molecule has 1 N–H and O–H groups in total. The molecule has 11 heavy (non-hydrogen) atoms. The standard InChI is InChI=1S/C7H15NS.C2H6/c1-4-6-9-7(3)8-5-2;1-2/h8H,3-6H2,1-2H3;1-2H3. The van der Waals surface area contributed by atoms with Crippen molar-refractivity contribution in [3.05, 3.63) is 11.6 Å². The van der Waals surface area contributed by atoms with Gasteiger partial charge in [-0.25, -0.2) is 0 Å². The Morgan fingerprint density at radius 3 is 2.27 bits per heavy atom. The summed E-state index contributed by atoms with van der Waals surface area (Å²) in [5, 5.41) is 4.25. The fourth-order valence-electron chi connectivity index (χ4n) is 0.473. The van der Waals surface area contributed by atoms with Crippen molar-refractivity contribution in [1.82, 2.24) is 5.32 Å². The van der Waals surface area contributed by atoms with Gasteiger partial charge in [-0.3, -0.25) is 0 Å². The van der Waals surface area contributed by atoms with Gasteiger partial charge >= 0.3 is 0 Å². The molecule has 0 atom stereocenters. The first-order valence-corrected chi connectivity index (χ1v) is 5.35. The first-order chi connectivity index (χ1) is 5.31. The first kappa shape index (κ1) is 13.5. The van der Waals surface area contributed by atoms with Gasteiger partial charge in [-0.1, -0.05) is 27.4 Å². The van der Waals surface area contributed by atoms with Crippen LogP contribution in [0, 0.1) is 0 Å². The van der Waals surface area contributed by atoms with Gasteiger partial charge in [-0.2, -0.15) is 0 Å². The maximum absolute atomic E-state index is 3.83. The molecule has 0 aromatic carbocycles. The predicted octanol–water partition coefficient (Wildman–Crippen LogP) is 3.24. The quantitative estimate of drug-likeness (QED) is 0.688. The third-order valence-corrected chi connectivity index (χ3v) is 1.96. The summed E-state index contributed by atoms with van der Waals surface area (Å²) in [4.78, 5) is 0. The molecule has 0 radical (unpaired) electrons. The van der Waals surface area contributed by atoms with Crippen molar-refractivity contribution >= 4 is 11.8 Å². The molecule has 0 aromatic rings. The molecule has 0 aromatic heterocycles. The Hall–Kier alpha value is -0.110. The molecule has 0 rings (SSSR count). The van der Waals surface area contributed by atoms with Gasteiger partial charge in [0.2, 0.25) is 0 Å². The third kappa shape index (κ3) is 13.0. The lowest BCUT2D eigenvalue weighted by Gasteiger charge is -2.03. The summed E-state index contributed by atoms with van der Waals surface area (Å²) in [5.41, 5.74) is 0. The third-order valence-electron chi connectivity index (χ3n) is 0.854. The molecule has 0 heterocycles. The Labute approximate surface area is 75.6 Å². The lowest BCUT2D eigenvalue weighted by atomic mass is 10.6. The monoisotopic (exact) mass is 175 g/mol. The van der Waals surface area contributed by atoms with Crippen molar-refractivity contribution in [3.8, 4) is 0 Å². The average Bonchev–Trinajstić information content (AvgIpc) is 2.05. The summed E-state index contributed by atoms with van der Waals surface area (Å²) in [6.07, 6.45) is 1.22. The summed E-state index contributed by atoms with van der Waals surface area (Å²) in [6.45, 7) is 13.1. The van der Waals surface area contributed by atoms with Crippen LogP contribution in [0.15, 0.2) is 11.6 Å². The summed E-state index contributed by atoms with van der Waals surface area (Å²) in [6, 6.07) is 0. The van der Waals surface area contributed by atoms with Gasteiger partial charge in [0.25, 0.3) is 0 Å². The largest absolute Gasteiger partial charge is 0.381 e. The molecule has 0 spiro atoms. The van der Waals surface area contributed by atoms with E-state index >= 15 is 0 Å². The highest BCUT2D eigenvalue weighted by molar-refractivity contribution is 8.02. The molecule has 2 heteroatoms. The molecule has 68 valence electrons. The second-order valence-corrected chi connectivity index (χ2v) is 2.99. The van der Waals surface area contributed by atoms with Crippen LogP contribution in [0.1, 0.15) is 34.1 Å². The van der Waals surface area contributed by atoms with E-state index in [2.05, 4.69) is 25.7 Å². The van der Waals surface area contributed by atoms with Crippen LogP contribution in [0.4, 0.5) is 0 Å². The summed E-state index contributed by atoms with van der Waals surface area (Å²) in [7, 11) is 0. The van der Waals surface area contributed by atoms with Crippen molar-refractivity contribution in [2.45, 2.75) is 34.1 Å². The van der Waals surface area contributed by atoms with E-state index in [4.69, 9.17) is 0 Å². The molecule has 1 nitrogen and oxygen atoms in total. The smallest absolute Gasteiger partial charge is 0.0608 e. The van der Waals surface area contributed by atoms with Crippen molar-refractivity contribution in [2.75, 3.05) is 12.3 Å². The molecule has 0 aliphatic heterocycles. The van der Waals surface area contributed by atoms with E-state index in [9.17, 15) is 0 Å². The number of nitrogens with one attached hydrogen (secondary N) is 1. The number of thioether (sulfide) groups is 1. The lowest BCUT2D eigenvalue weighted by Crippen LogP contribution is -2.08. The van der Waals surface area contributed by atoms with Crippen LogP contribution in [0.2, 0.25) is 0 Å². The van der Waals surface area contributed by atoms with Gasteiger partial charge in [0.05, 0.1) is 5.03 Å². The van der Waals surface area contributed by atoms with Crippen molar-refractivity contribution < 1.29 is 0 Å². The van der Waals surface area contributed by atoms with E-state index in [0.717, 1.165) is 11.6 Å². The number of hydrogen-bond acceptors (Lipinski definition) is 2. The van der Waals surface area contributed by atoms with Gasteiger partial charge in [0, 0.05) is 6.54 Å². The Morgan fingerprint density at radius 1 is 1.36 bits per heavy atom. The lowest BCUT2D eigenvalue weighted by molar-refractivity contribution is 0.907. The normalized spacial score (nSPS) is 8.00. The minimum Gasteiger partial charge on any atom is -0.381 e. The minimum absolute atomic E-state index is 0.982. The molecule has 0 saturated heterocycles. The molecule has 0 saturated carbocycles. The van der Waals surface area contributed by atoms with Gasteiger partial charge in [-0.05, 0) is 19.1 Å². The van der Waals surface area contributed by atoms with Crippen LogP contribution in [0.25, 0.3) is 0 Å². The minimum atomic E-state index is 0.982. The Balaban J connectivity index is 0. The van der Waals surface area contributed by atoms with Crippen molar-refractivity contribution in [1.29, 1.82) is 0 Å². The molecule has 0 aliphatic rings. The zero-order chi connectivity index (χ0) is 9.11. The van der Waals surface area contributed by atoms with Gasteiger partial charge in [-0.15, -0.1) is 11.8 Å². The predicted molar refractivity (Wildman–Crippen MR) is 56.9 cm³/mol. The second kappa shape index (κ2) is 12.6. The molecule has 0 amide bonds. The van der Waals surface area contributed by atoms with Crippen LogP contribution in [-0.2, 0) is 0 Å². The van der Waals surface area contributed by atoms with E-state index in [-0.39, 0.29) is 0 Å². The number of hydrogen-bond donors (Lipinski definition) is 1. The topological polar surface area (TPSA) is 12.0 Å². The molecule has 0 aliphatic carbocycles. The van der Waals surface area contributed by atoms with E-state index in [1.807, 2.05) is 13.8 Å². The highest BCUT2D eigenvalue weighted by Gasteiger charge is 1.88. The molecule has 0 bridgehead atoms. The van der Waals surface area contributed by atoms with Crippen LogP contribution in [-0.4, -0.2) is 12.3 Å². The van der Waals surface area contributed by atoms with Crippen LogP contribution in [0.3, 0.4) is 0 Å². The highest BCUT2D eigenvalue weighted by Crippen LogP contribution is 2.09. The summed E-state index contributed by atoms with van der Waals surface area (Å²) >= 11 is 1.80. The summed E-state index contributed by atoms with van der Waals surface area (Å²) in [5.74, 6) is 1.17. The van der Waals surface area contributed by atoms with Crippen LogP contribution in [0.5, 0.6) is 0 Å². The summed E-state index contributed by atoms with van der Waals surface area (Å²) < 4.78 is 0. The maximum atomic E-state index is 3.83. The maximum Gasteiger partial charge on any atom is 0.0608 e. The second-order valence-electron chi connectivity index (χ2n) is 1.80. The average molecular weight is 175 g/mol. The zero-order valence-electron chi connectivity index (χ0n) is 8.24. The Bertz CT molecular complexity index is 81.6. The van der Waals surface area contributed by atoms with Crippen molar-refractivity contribution in [3.63, 3.8) is 0 Å². The molecular formula is C9H21NS. The van der Waals surface area contributed by atoms with Gasteiger partial charge in [0.15, 0.2) is 0 Å². The Kier molecular flexibility index (Phi) is 15.4. The fourth-order valence-corrected chi connectivity index (χ4v) is 1.17. The number of rotatable bonds is 5. The fraction of sp³-hybridized carbons (Fsp3) is 0.778. The Morgan fingerprint density at radius 2 is 1.91 bits per heavy atom. The molecular weight excluding hydrogens is 154 g/mol. The van der Waals surface area contributed by atoms with E-state index in [1.54, 1.807) is 11.8 Å². The first-order valence-electron chi connectivity index (χ1n) is 4.36. The van der Waals surface area contributed by atoms with Gasteiger partial charge in [0.1, 0.15) is 0 Å². The van der Waals surface area contributed by atoms with E-state index in [0.29, 0.717) is 0 Å².